The lowest BCUT2D eigenvalue weighted by atomic mass is 10.1. The van der Waals surface area contributed by atoms with E-state index in [0.717, 1.165) is 0 Å². The highest BCUT2D eigenvalue weighted by molar-refractivity contribution is 4.86. The van der Waals surface area contributed by atoms with Gasteiger partial charge in [-0.3, -0.25) is 0 Å². The molecule has 4 nitrogen and oxygen atoms in total. The number of ether oxygens (including phenoxy) is 4. The third-order valence-electron chi connectivity index (χ3n) is 2.73. The molecule has 88 valence electrons. The van der Waals surface area contributed by atoms with Gasteiger partial charge >= 0.3 is 0 Å². The lowest BCUT2D eigenvalue weighted by Crippen LogP contribution is -2.60. The molecule has 0 aliphatic carbocycles. The van der Waals surface area contributed by atoms with Crippen LogP contribution in [0.3, 0.4) is 0 Å². The van der Waals surface area contributed by atoms with Gasteiger partial charge in [-0.2, -0.15) is 0 Å². The van der Waals surface area contributed by atoms with E-state index in [-0.39, 0.29) is 11.2 Å². The molecule has 1 spiro atoms. The zero-order valence-electron chi connectivity index (χ0n) is 9.96. The fourth-order valence-electron chi connectivity index (χ4n) is 1.55. The zero-order valence-corrected chi connectivity index (χ0v) is 9.96. The molecule has 0 saturated carbocycles. The van der Waals surface area contributed by atoms with E-state index in [0.29, 0.717) is 26.4 Å². The van der Waals surface area contributed by atoms with Crippen molar-refractivity contribution in [2.75, 3.05) is 26.4 Å². The van der Waals surface area contributed by atoms with E-state index < -0.39 is 5.79 Å². The molecule has 2 rings (SSSR count). The van der Waals surface area contributed by atoms with Gasteiger partial charge in [-0.1, -0.05) is 0 Å². The molecular weight excluding hydrogens is 196 g/mol. The largest absolute Gasteiger partial charge is 0.367 e. The lowest BCUT2D eigenvalue weighted by Gasteiger charge is -2.47. The van der Waals surface area contributed by atoms with Crippen molar-refractivity contribution in [1.82, 2.24) is 0 Å². The van der Waals surface area contributed by atoms with Crippen LogP contribution in [0.2, 0.25) is 0 Å². The Balaban J connectivity index is 1.95. The Morgan fingerprint density at radius 2 is 1.00 bits per heavy atom. The Morgan fingerprint density at radius 1 is 0.600 bits per heavy atom. The van der Waals surface area contributed by atoms with Gasteiger partial charge in [0, 0.05) is 0 Å². The summed E-state index contributed by atoms with van der Waals surface area (Å²) >= 11 is 0. The van der Waals surface area contributed by atoms with Crippen LogP contribution in [0.5, 0.6) is 0 Å². The molecule has 4 heteroatoms. The van der Waals surface area contributed by atoms with Gasteiger partial charge in [-0.15, -0.1) is 0 Å². The molecule has 0 bridgehead atoms. The van der Waals surface area contributed by atoms with E-state index >= 15 is 0 Å². The summed E-state index contributed by atoms with van der Waals surface area (Å²) in [6, 6.07) is 0. The Bertz CT molecular complexity index is 197. The molecule has 0 atom stereocenters. The summed E-state index contributed by atoms with van der Waals surface area (Å²) < 4.78 is 22.9. The average molecular weight is 216 g/mol. The second-order valence-corrected chi connectivity index (χ2v) is 5.58. The van der Waals surface area contributed by atoms with E-state index in [4.69, 9.17) is 18.9 Å². The zero-order chi connectivity index (χ0) is 11.2. The number of hydrogen-bond donors (Lipinski definition) is 0. The van der Waals surface area contributed by atoms with Crippen LogP contribution >= 0.6 is 0 Å². The summed E-state index contributed by atoms with van der Waals surface area (Å²) in [5.41, 5.74) is -0.441. The first-order valence-electron chi connectivity index (χ1n) is 5.39. The molecule has 0 N–H and O–H groups in total. The van der Waals surface area contributed by atoms with Crippen molar-refractivity contribution in [1.29, 1.82) is 0 Å². The maximum absolute atomic E-state index is 5.74. The Hall–Kier alpha value is -0.160. The molecule has 2 saturated heterocycles. The van der Waals surface area contributed by atoms with Gasteiger partial charge in [0.1, 0.15) is 13.2 Å². The van der Waals surface area contributed by atoms with Gasteiger partial charge in [0.05, 0.1) is 24.4 Å². The Kier molecular flexibility index (Phi) is 2.58. The van der Waals surface area contributed by atoms with Crippen LogP contribution in [0.1, 0.15) is 27.7 Å². The van der Waals surface area contributed by atoms with Crippen molar-refractivity contribution >= 4 is 0 Å². The van der Waals surface area contributed by atoms with Gasteiger partial charge in [0.25, 0.3) is 0 Å². The summed E-state index contributed by atoms with van der Waals surface area (Å²) in [6.07, 6.45) is 0. The summed E-state index contributed by atoms with van der Waals surface area (Å²) in [5, 5.41) is 0. The van der Waals surface area contributed by atoms with E-state index in [2.05, 4.69) is 0 Å². The van der Waals surface area contributed by atoms with Gasteiger partial charge in [-0.05, 0) is 27.7 Å². The van der Waals surface area contributed by atoms with Crippen LogP contribution in [0.15, 0.2) is 0 Å². The first-order valence-corrected chi connectivity index (χ1v) is 5.39. The molecule has 2 aliphatic heterocycles. The van der Waals surface area contributed by atoms with Crippen molar-refractivity contribution in [3.05, 3.63) is 0 Å². The van der Waals surface area contributed by atoms with Crippen LogP contribution in [-0.4, -0.2) is 43.4 Å². The first-order chi connectivity index (χ1) is 6.83. The SMILES string of the molecule is CC1(C)COC2(CO1)COC(C)(C)CO2. The minimum absolute atomic E-state index is 0.221. The Morgan fingerprint density at radius 3 is 1.27 bits per heavy atom. The smallest absolute Gasteiger partial charge is 0.216 e. The highest BCUT2D eigenvalue weighted by Crippen LogP contribution is 2.32. The summed E-state index contributed by atoms with van der Waals surface area (Å²) in [7, 11) is 0. The molecule has 0 aromatic heterocycles. The minimum Gasteiger partial charge on any atom is -0.367 e. The predicted molar refractivity (Wildman–Crippen MR) is 54.7 cm³/mol. The first kappa shape index (κ1) is 11.3. The minimum atomic E-state index is -0.676. The van der Waals surface area contributed by atoms with E-state index in [1.165, 1.54) is 0 Å². The van der Waals surface area contributed by atoms with Crippen molar-refractivity contribution in [3.63, 3.8) is 0 Å². The maximum atomic E-state index is 5.74. The molecule has 0 unspecified atom stereocenters. The highest BCUT2D eigenvalue weighted by Gasteiger charge is 2.46. The number of rotatable bonds is 0. The summed E-state index contributed by atoms with van der Waals surface area (Å²) in [5.74, 6) is -0.676. The maximum Gasteiger partial charge on any atom is 0.216 e. The predicted octanol–water partition coefficient (Wildman–Crippen LogP) is 1.33. The van der Waals surface area contributed by atoms with Crippen LogP contribution in [0.4, 0.5) is 0 Å². The third kappa shape index (κ3) is 2.50. The van der Waals surface area contributed by atoms with Crippen molar-refractivity contribution in [2.45, 2.75) is 44.7 Å². The molecule has 15 heavy (non-hydrogen) atoms. The van der Waals surface area contributed by atoms with Gasteiger partial charge in [0.15, 0.2) is 0 Å². The van der Waals surface area contributed by atoms with Crippen LogP contribution in [-0.2, 0) is 18.9 Å². The molecule has 2 aliphatic rings. The van der Waals surface area contributed by atoms with E-state index in [1.54, 1.807) is 0 Å². The third-order valence-corrected chi connectivity index (χ3v) is 2.73. The van der Waals surface area contributed by atoms with Gasteiger partial charge < -0.3 is 18.9 Å². The Labute approximate surface area is 90.8 Å². The van der Waals surface area contributed by atoms with Crippen LogP contribution in [0.25, 0.3) is 0 Å². The second-order valence-electron chi connectivity index (χ2n) is 5.58. The van der Waals surface area contributed by atoms with Gasteiger partial charge in [0.2, 0.25) is 5.79 Å². The quantitative estimate of drug-likeness (QED) is 0.612. The lowest BCUT2D eigenvalue weighted by molar-refractivity contribution is -0.378. The van der Waals surface area contributed by atoms with Crippen molar-refractivity contribution in [2.24, 2.45) is 0 Å². The summed E-state index contributed by atoms with van der Waals surface area (Å²) in [6.45, 7) is 9.99. The monoisotopic (exact) mass is 216 g/mol. The van der Waals surface area contributed by atoms with Crippen LogP contribution in [0, 0.1) is 0 Å². The average Bonchev–Trinajstić information content (AvgIpc) is 2.15. The van der Waals surface area contributed by atoms with E-state index in [9.17, 15) is 0 Å². The molecule has 2 heterocycles. The molecule has 0 amide bonds. The molecule has 0 aromatic rings. The molecule has 2 fully saturated rings. The standard InChI is InChI=1S/C11H20O4/c1-9(2)5-14-11(7-12-9)8-13-10(3,4)6-15-11/h5-8H2,1-4H3. The molecular formula is C11H20O4. The normalized spacial score (nSPS) is 32.8. The van der Waals surface area contributed by atoms with E-state index in [1.807, 2.05) is 27.7 Å². The fourth-order valence-corrected chi connectivity index (χ4v) is 1.55. The number of hydrogen-bond acceptors (Lipinski definition) is 4. The van der Waals surface area contributed by atoms with Crippen molar-refractivity contribution < 1.29 is 18.9 Å². The summed E-state index contributed by atoms with van der Waals surface area (Å²) in [4.78, 5) is 0. The molecule has 0 radical (unpaired) electrons. The fraction of sp³-hybridized carbons (Fsp3) is 1.00. The second kappa shape index (κ2) is 3.42. The van der Waals surface area contributed by atoms with Crippen LogP contribution < -0.4 is 0 Å². The van der Waals surface area contributed by atoms with Crippen molar-refractivity contribution in [3.8, 4) is 0 Å². The van der Waals surface area contributed by atoms with Gasteiger partial charge in [-0.25, -0.2) is 0 Å². The highest BCUT2D eigenvalue weighted by atomic mass is 16.8. The topological polar surface area (TPSA) is 36.9 Å². The molecule has 0 aromatic carbocycles.